The molecule has 0 unspecified atom stereocenters. The summed E-state index contributed by atoms with van der Waals surface area (Å²) >= 11 is 0. The number of aromatic nitrogens is 1. The van der Waals surface area contributed by atoms with Gasteiger partial charge in [-0.15, -0.1) is 0 Å². The Morgan fingerprint density at radius 1 is 1.14 bits per heavy atom. The fourth-order valence-electron chi connectivity index (χ4n) is 2.20. The summed E-state index contributed by atoms with van der Waals surface area (Å²) in [6, 6.07) is 11.8. The molecule has 2 aromatic carbocycles. The maximum Gasteiger partial charge on any atom is 0.420 e. The van der Waals surface area contributed by atoms with Crippen LogP contribution in [0.15, 0.2) is 57.7 Å². The minimum absolute atomic E-state index is 0.151. The maximum atomic E-state index is 14.3. The monoisotopic (exact) mass is 290 g/mol. The van der Waals surface area contributed by atoms with Crippen molar-refractivity contribution < 1.29 is 13.2 Å². The number of anilines is 1. The first-order chi connectivity index (χ1) is 9.97. The smallest absolute Gasteiger partial charge is 0.408 e. The molecule has 3 aromatic rings. The van der Waals surface area contributed by atoms with Crippen molar-refractivity contribution in [2.45, 2.75) is 12.5 Å². The second-order valence-electron chi connectivity index (χ2n) is 4.75. The van der Waals surface area contributed by atoms with Gasteiger partial charge in [0.1, 0.15) is 0 Å². The van der Waals surface area contributed by atoms with Gasteiger partial charge in [-0.3, -0.25) is 4.57 Å². The van der Waals surface area contributed by atoms with E-state index in [0.717, 1.165) is 4.57 Å². The number of nitrogens with two attached hydrogens (primary N) is 1. The fourth-order valence-corrected chi connectivity index (χ4v) is 2.20. The van der Waals surface area contributed by atoms with Crippen LogP contribution in [0.4, 0.5) is 14.5 Å². The van der Waals surface area contributed by atoms with Crippen molar-refractivity contribution in [3.8, 4) is 0 Å². The second-order valence-corrected chi connectivity index (χ2v) is 4.75. The number of nitrogens with zero attached hydrogens (tertiary/aromatic N) is 1. The molecule has 0 aliphatic heterocycles. The first-order valence-corrected chi connectivity index (χ1v) is 6.29. The average Bonchev–Trinajstić information content (AvgIpc) is 2.75. The molecule has 21 heavy (non-hydrogen) atoms. The van der Waals surface area contributed by atoms with Gasteiger partial charge in [0.05, 0.1) is 12.1 Å². The normalized spacial score (nSPS) is 11.9. The van der Waals surface area contributed by atoms with Gasteiger partial charge in [-0.1, -0.05) is 30.3 Å². The van der Waals surface area contributed by atoms with Gasteiger partial charge in [0.25, 0.3) is 5.92 Å². The van der Waals surface area contributed by atoms with Crippen LogP contribution in [0.25, 0.3) is 11.1 Å². The largest absolute Gasteiger partial charge is 0.420 e. The van der Waals surface area contributed by atoms with Crippen LogP contribution in [0.5, 0.6) is 0 Å². The minimum atomic E-state index is -3.18. The molecule has 6 heteroatoms. The zero-order chi connectivity index (χ0) is 15.0. The number of hydrogen-bond donors (Lipinski definition) is 1. The van der Waals surface area contributed by atoms with Gasteiger partial charge in [-0.25, -0.2) is 4.79 Å². The highest BCUT2D eigenvalue weighted by Crippen LogP contribution is 2.30. The number of rotatable bonds is 3. The van der Waals surface area contributed by atoms with Gasteiger partial charge in [0.15, 0.2) is 5.58 Å². The Morgan fingerprint density at radius 2 is 1.86 bits per heavy atom. The van der Waals surface area contributed by atoms with E-state index in [-0.39, 0.29) is 11.1 Å². The van der Waals surface area contributed by atoms with E-state index in [4.69, 9.17) is 10.2 Å². The molecule has 0 amide bonds. The van der Waals surface area contributed by atoms with Crippen molar-refractivity contribution in [3.05, 3.63) is 64.6 Å². The molecule has 0 atom stereocenters. The number of nitrogen functional groups attached to an aromatic ring is 1. The van der Waals surface area contributed by atoms with Crippen LogP contribution in [-0.2, 0) is 12.5 Å². The fraction of sp³-hybridized carbons (Fsp3) is 0.133. The second kappa shape index (κ2) is 4.73. The van der Waals surface area contributed by atoms with E-state index in [1.54, 1.807) is 6.07 Å². The molecule has 0 bridgehead atoms. The van der Waals surface area contributed by atoms with Gasteiger partial charge in [0.2, 0.25) is 0 Å². The van der Waals surface area contributed by atoms with Gasteiger partial charge in [-0.2, -0.15) is 8.78 Å². The summed E-state index contributed by atoms with van der Waals surface area (Å²) in [5, 5.41) is 0. The molecule has 0 aliphatic carbocycles. The lowest BCUT2D eigenvalue weighted by Crippen LogP contribution is -2.27. The molecule has 2 N–H and O–H groups in total. The molecule has 0 aliphatic rings. The first kappa shape index (κ1) is 13.4. The molecule has 0 spiro atoms. The summed E-state index contributed by atoms with van der Waals surface area (Å²) in [7, 11) is 0. The molecular formula is C15H12F2N2O2. The number of oxazole rings is 1. The molecule has 108 valence electrons. The van der Waals surface area contributed by atoms with Gasteiger partial charge in [0, 0.05) is 17.3 Å². The van der Waals surface area contributed by atoms with E-state index in [0.29, 0.717) is 11.2 Å². The Morgan fingerprint density at radius 3 is 2.57 bits per heavy atom. The Labute approximate surface area is 118 Å². The maximum absolute atomic E-state index is 14.3. The van der Waals surface area contributed by atoms with Crippen LogP contribution >= 0.6 is 0 Å². The van der Waals surface area contributed by atoms with E-state index >= 15 is 0 Å². The standard InChI is InChI=1S/C15H12F2N2O2/c16-15(17,10-4-2-1-3-5-10)9-19-12-7-6-11(18)8-13(12)21-14(19)20/h1-8H,9,18H2. The molecule has 0 saturated heterocycles. The van der Waals surface area contributed by atoms with E-state index in [1.165, 1.54) is 42.5 Å². The lowest BCUT2D eigenvalue weighted by atomic mass is 10.1. The summed E-state index contributed by atoms with van der Waals surface area (Å²) in [5.41, 5.74) is 6.33. The summed E-state index contributed by atoms with van der Waals surface area (Å²) in [5.74, 6) is -4.00. The lowest BCUT2D eigenvalue weighted by Gasteiger charge is -2.16. The quantitative estimate of drug-likeness (QED) is 0.754. The van der Waals surface area contributed by atoms with Crippen LogP contribution in [0.3, 0.4) is 0 Å². The molecule has 3 rings (SSSR count). The summed E-state index contributed by atoms with van der Waals surface area (Å²) in [4.78, 5) is 11.8. The van der Waals surface area contributed by atoms with Crippen LogP contribution < -0.4 is 11.5 Å². The summed E-state index contributed by atoms with van der Waals surface area (Å²) < 4.78 is 34.4. The SMILES string of the molecule is Nc1ccc2c(c1)oc(=O)n2CC(F)(F)c1ccccc1. The van der Waals surface area contributed by atoms with Crippen molar-refractivity contribution in [2.75, 3.05) is 5.73 Å². The number of alkyl halides is 2. The predicted molar refractivity (Wildman–Crippen MR) is 75.2 cm³/mol. The van der Waals surface area contributed by atoms with E-state index in [9.17, 15) is 13.6 Å². The predicted octanol–water partition coefficient (Wildman–Crippen LogP) is 2.97. The molecule has 0 fully saturated rings. The zero-order valence-electron chi connectivity index (χ0n) is 10.9. The number of fused-ring (bicyclic) bond motifs is 1. The molecular weight excluding hydrogens is 278 g/mol. The lowest BCUT2D eigenvalue weighted by molar-refractivity contribution is -0.0228. The van der Waals surface area contributed by atoms with Crippen LogP contribution in [0.2, 0.25) is 0 Å². The Kier molecular flexibility index (Phi) is 3.01. The number of benzene rings is 2. The Balaban J connectivity index is 2.06. The first-order valence-electron chi connectivity index (χ1n) is 6.29. The molecule has 4 nitrogen and oxygen atoms in total. The van der Waals surface area contributed by atoms with Gasteiger partial charge >= 0.3 is 5.76 Å². The Hall–Kier alpha value is -2.63. The van der Waals surface area contributed by atoms with Crippen molar-refractivity contribution in [2.24, 2.45) is 0 Å². The number of halogens is 2. The van der Waals surface area contributed by atoms with E-state index in [2.05, 4.69) is 0 Å². The topological polar surface area (TPSA) is 61.2 Å². The highest BCUT2D eigenvalue weighted by atomic mass is 19.3. The molecule has 1 heterocycles. The number of hydrogen-bond acceptors (Lipinski definition) is 3. The average molecular weight is 290 g/mol. The van der Waals surface area contributed by atoms with Gasteiger partial charge in [-0.05, 0) is 12.1 Å². The van der Waals surface area contributed by atoms with E-state index in [1.807, 2.05) is 0 Å². The minimum Gasteiger partial charge on any atom is -0.408 e. The third kappa shape index (κ3) is 2.40. The summed E-state index contributed by atoms with van der Waals surface area (Å²) in [6.45, 7) is -0.785. The third-order valence-corrected chi connectivity index (χ3v) is 3.25. The van der Waals surface area contributed by atoms with Crippen molar-refractivity contribution >= 4 is 16.8 Å². The molecule has 0 saturated carbocycles. The van der Waals surface area contributed by atoms with Gasteiger partial charge < -0.3 is 10.2 Å². The van der Waals surface area contributed by atoms with Crippen LogP contribution in [0.1, 0.15) is 5.56 Å². The summed E-state index contributed by atoms with van der Waals surface area (Å²) in [6.07, 6.45) is 0. The van der Waals surface area contributed by atoms with Crippen molar-refractivity contribution in [3.63, 3.8) is 0 Å². The molecule has 0 radical (unpaired) electrons. The highest BCUT2D eigenvalue weighted by molar-refractivity contribution is 5.76. The van der Waals surface area contributed by atoms with E-state index < -0.39 is 18.2 Å². The third-order valence-electron chi connectivity index (χ3n) is 3.25. The highest BCUT2D eigenvalue weighted by Gasteiger charge is 2.33. The molecule has 1 aromatic heterocycles. The zero-order valence-corrected chi connectivity index (χ0v) is 10.9. The van der Waals surface area contributed by atoms with Crippen LogP contribution in [-0.4, -0.2) is 4.57 Å². The Bertz CT molecular complexity index is 838. The van der Waals surface area contributed by atoms with Crippen molar-refractivity contribution in [1.82, 2.24) is 4.57 Å². The van der Waals surface area contributed by atoms with Crippen LogP contribution in [0, 0.1) is 0 Å². The van der Waals surface area contributed by atoms with Crippen molar-refractivity contribution in [1.29, 1.82) is 0 Å².